The number of ether oxygens (including phenoxy) is 1. The van der Waals surface area contributed by atoms with Crippen molar-refractivity contribution in [3.8, 4) is 0 Å². The fourth-order valence-electron chi connectivity index (χ4n) is 2.49. The van der Waals surface area contributed by atoms with E-state index in [0.29, 0.717) is 6.61 Å². The minimum atomic E-state index is -0.231. The molecule has 1 aliphatic rings. The molecule has 0 bridgehead atoms. The fraction of sp³-hybridized carbons (Fsp3) is 0.571. The van der Waals surface area contributed by atoms with Crippen molar-refractivity contribution in [2.75, 3.05) is 18.5 Å². The van der Waals surface area contributed by atoms with Gasteiger partial charge in [0, 0.05) is 12.3 Å². The zero-order chi connectivity index (χ0) is 12.3. The van der Waals surface area contributed by atoms with Crippen LogP contribution in [-0.4, -0.2) is 30.0 Å². The molecule has 1 aromatic rings. The molecule has 2 atom stereocenters. The lowest BCUT2D eigenvalue weighted by atomic mass is 9.87. The van der Waals surface area contributed by atoms with Crippen molar-refractivity contribution in [2.24, 2.45) is 0 Å². The molecule has 1 saturated heterocycles. The van der Waals surface area contributed by atoms with Gasteiger partial charge in [0.1, 0.15) is 0 Å². The van der Waals surface area contributed by atoms with Crippen LogP contribution in [0.3, 0.4) is 0 Å². The number of aliphatic hydroxyl groups excluding tert-OH is 1. The molecule has 0 radical (unpaired) electrons. The van der Waals surface area contributed by atoms with Crippen LogP contribution in [0.25, 0.3) is 0 Å². The first-order chi connectivity index (χ1) is 8.13. The highest BCUT2D eigenvalue weighted by molar-refractivity contribution is 5.48. The van der Waals surface area contributed by atoms with Gasteiger partial charge in [-0.1, -0.05) is 12.1 Å². The Morgan fingerprint density at radius 2 is 2.35 bits per heavy atom. The van der Waals surface area contributed by atoms with Crippen molar-refractivity contribution in [1.29, 1.82) is 0 Å². The number of nitrogens with one attached hydrogen (secondary N) is 1. The van der Waals surface area contributed by atoms with E-state index in [1.54, 1.807) is 0 Å². The van der Waals surface area contributed by atoms with Gasteiger partial charge in [0.05, 0.1) is 18.2 Å². The molecule has 2 N–H and O–H groups in total. The van der Waals surface area contributed by atoms with Crippen LogP contribution in [0.1, 0.15) is 25.3 Å². The summed E-state index contributed by atoms with van der Waals surface area (Å²) in [6.45, 7) is 4.99. The molecule has 94 valence electrons. The van der Waals surface area contributed by atoms with Gasteiger partial charge in [-0.05, 0) is 44.4 Å². The Balaban J connectivity index is 2.13. The normalized spacial score (nSPS) is 29.0. The van der Waals surface area contributed by atoms with Gasteiger partial charge in [0.15, 0.2) is 0 Å². The predicted molar refractivity (Wildman–Crippen MR) is 69.3 cm³/mol. The summed E-state index contributed by atoms with van der Waals surface area (Å²) in [6, 6.07) is 8.26. The van der Waals surface area contributed by atoms with Gasteiger partial charge in [-0.15, -0.1) is 0 Å². The SMILES string of the molecule is Cc1cccc(NC2(CO)CCOC(C)C2)c1. The van der Waals surface area contributed by atoms with Crippen LogP contribution in [0.4, 0.5) is 5.69 Å². The Bertz CT molecular complexity index is 380. The highest BCUT2D eigenvalue weighted by Crippen LogP contribution is 2.28. The van der Waals surface area contributed by atoms with E-state index in [4.69, 9.17) is 4.74 Å². The van der Waals surface area contributed by atoms with Gasteiger partial charge in [-0.2, -0.15) is 0 Å². The standard InChI is InChI=1S/C14H21NO2/c1-11-4-3-5-13(8-11)15-14(10-16)6-7-17-12(2)9-14/h3-5,8,12,15-16H,6-7,9-10H2,1-2H3. The van der Waals surface area contributed by atoms with E-state index in [9.17, 15) is 5.11 Å². The second-order valence-corrected chi connectivity index (χ2v) is 5.07. The fourth-order valence-corrected chi connectivity index (χ4v) is 2.49. The van der Waals surface area contributed by atoms with Crippen molar-refractivity contribution in [3.05, 3.63) is 29.8 Å². The number of rotatable bonds is 3. The first-order valence-electron chi connectivity index (χ1n) is 6.21. The Labute approximate surface area is 103 Å². The van der Waals surface area contributed by atoms with E-state index < -0.39 is 0 Å². The summed E-state index contributed by atoms with van der Waals surface area (Å²) in [4.78, 5) is 0. The molecule has 1 heterocycles. The molecule has 0 aliphatic carbocycles. The summed E-state index contributed by atoms with van der Waals surface area (Å²) in [5.41, 5.74) is 2.07. The minimum Gasteiger partial charge on any atom is -0.394 e. The average Bonchev–Trinajstić information content (AvgIpc) is 2.29. The van der Waals surface area contributed by atoms with E-state index in [-0.39, 0.29) is 18.2 Å². The summed E-state index contributed by atoms with van der Waals surface area (Å²) >= 11 is 0. The Morgan fingerprint density at radius 3 is 3.00 bits per heavy atom. The predicted octanol–water partition coefficient (Wildman–Crippen LogP) is 2.34. The maximum atomic E-state index is 9.67. The summed E-state index contributed by atoms with van der Waals surface area (Å²) in [7, 11) is 0. The number of benzene rings is 1. The highest BCUT2D eigenvalue weighted by Gasteiger charge is 2.34. The molecular formula is C14H21NO2. The Hall–Kier alpha value is -1.06. The topological polar surface area (TPSA) is 41.5 Å². The van der Waals surface area contributed by atoms with Crippen molar-refractivity contribution in [3.63, 3.8) is 0 Å². The minimum absolute atomic E-state index is 0.147. The van der Waals surface area contributed by atoms with Crippen molar-refractivity contribution < 1.29 is 9.84 Å². The largest absolute Gasteiger partial charge is 0.394 e. The number of aryl methyl sites for hydroxylation is 1. The zero-order valence-corrected chi connectivity index (χ0v) is 10.6. The molecule has 0 amide bonds. The molecular weight excluding hydrogens is 214 g/mol. The van der Waals surface area contributed by atoms with Crippen LogP contribution in [0.5, 0.6) is 0 Å². The molecule has 0 spiro atoms. The lowest BCUT2D eigenvalue weighted by molar-refractivity contribution is -0.0160. The van der Waals surface area contributed by atoms with E-state index in [1.165, 1.54) is 5.56 Å². The molecule has 1 aliphatic heterocycles. The number of hydrogen-bond acceptors (Lipinski definition) is 3. The molecule has 2 rings (SSSR count). The molecule has 2 unspecified atom stereocenters. The molecule has 1 fully saturated rings. The second kappa shape index (κ2) is 5.07. The van der Waals surface area contributed by atoms with Gasteiger partial charge >= 0.3 is 0 Å². The second-order valence-electron chi connectivity index (χ2n) is 5.07. The summed E-state index contributed by atoms with van der Waals surface area (Å²) in [6.07, 6.45) is 1.90. The lowest BCUT2D eigenvalue weighted by Crippen LogP contribution is -2.49. The quantitative estimate of drug-likeness (QED) is 0.845. The van der Waals surface area contributed by atoms with Crippen molar-refractivity contribution in [1.82, 2.24) is 0 Å². The van der Waals surface area contributed by atoms with E-state index in [2.05, 4.69) is 31.3 Å². The van der Waals surface area contributed by atoms with Gasteiger partial charge in [-0.3, -0.25) is 0 Å². The number of anilines is 1. The molecule has 3 nitrogen and oxygen atoms in total. The van der Waals surface area contributed by atoms with Crippen LogP contribution >= 0.6 is 0 Å². The Kier molecular flexibility index (Phi) is 3.69. The summed E-state index contributed by atoms with van der Waals surface area (Å²) < 4.78 is 5.55. The molecule has 3 heteroatoms. The van der Waals surface area contributed by atoms with Crippen LogP contribution in [-0.2, 0) is 4.74 Å². The smallest absolute Gasteiger partial charge is 0.0663 e. The lowest BCUT2D eigenvalue weighted by Gasteiger charge is -2.40. The number of aliphatic hydroxyl groups is 1. The van der Waals surface area contributed by atoms with E-state index in [1.807, 2.05) is 12.1 Å². The van der Waals surface area contributed by atoms with Crippen LogP contribution in [0.15, 0.2) is 24.3 Å². The Morgan fingerprint density at radius 1 is 1.53 bits per heavy atom. The zero-order valence-electron chi connectivity index (χ0n) is 10.6. The first-order valence-corrected chi connectivity index (χ1v) is 6.21. The summed E-state index contributed by atoms with van der Waals surface area (Å²) in [5.74, 6) is 0. The van der Waals surface area contributed by atoms with Crippen molar-refractivity contribution in [2.45, 2.75) is 38.3 Å². The molecule has 1 aromatic carbocycles. The van der Waals surface area contributed by atoms with Crippen LogP contribution in [0.2, 0.25) is 0 Å². The summed E-state index contributed by atoms with van der Waals surface area (Å²) in [5, 5.41) is 13.2. The first kappa shape index (κ1) is 12.4. The maximum Gasteiger partial charge on any atom is 0.0663 e. The maximum absolute atomic E-state index is 9.67. The van der Waals surface area contributed by atoms with Gasteiger partial charge < -0.3 is 15.2 Å². The van der Waals surface area contributed by atoms with Gasteiger partial charge in [0.2, 0.25) is 0 Å². The third kappa shape index (κ3) is 2.99. The van der Waals surface area contributed by atoms with Crippen LogP contribution in [0, 0.1) is 6.92 Å². The highest BCUT2D eigenvalue weighted by atomic mass is 16.5. The van der Waals surface area contributed by atoms with Gasteiger partial charge in [-0.25, -0.2) is 0 Å². The van der Waals surface area contributed by atoms with Crippen molar-refractivity contribution >= 4 is 5.69 Å². The monoisotopic (exact) mass is 235 g/mol. The molecule has 0 saturated carbocycles. The average molecular weight is 235 g/mol. The third-order valence-electron chi connectivity index (χ3n) is 3.39. The van der Waals surface area contributed by atoms with Gasteiger partial charge in [0.25, 0.3) is 0 Å². The van der Waals surface area contributed by atoms with Crippen LogP contribution < -0.4 is 5.32 Å². The third-order valence-corrected chi connectivity index (χ3v) is 3.39. The van der Waals surface area contributed by atoms with E-state index in [0.717, 1.165) is 18.5 Å². The van der Waals surface area contributed by atoms with E-state index >= 15 is 0 Å². The molecule has 17 heavy (non-hydrogen) atoms. The molecule has 0 aromatic heterocycles. The number of hydrogen-bond donors (Lipinski definition) is 2.